The van der Waals surface area contributed by atoms with Crippen molar-refractivity contribution in [3.05, 3.63) is 70.0 Å². The van der Waals surface area contributed by atoms with Crippen molar-refractivity contribution in [2.24, 2.45) is 0 Å². The highest BCUT2D eigenvalue weighted by Crippen LogP contribution is 2.25. The van der Waals surface area contributed by atoms with E-state index in [1.165, 1.54) is 12.1 Å². The second-order valence-corrected chi connectivity index (χ2v) is 7.37. The summed E-state index contributed by atoms with van der Waals surface area (Å²) < 4.78 is 14.4. The number of nitrogens with one attached hydrogen (secondary N) is 2. The maximum absolute atomic E-state index is 14.4. The number of benzene rings is 1. The Labute approximate surface area is 173 Å². The van der Waals surface area contributed by atoms with Gasteiger partial charge in [-0.15, -0.1) is 0 Å². The van der Waals surface area contributed by atoms with Crippen molar-refractivity contribution in [1.29, 1.82) is 5.26 Å². The van der Waals surface area contributed by atoms with E-state index in [1.807, 2.05) is 23.1 Å². The smallest absolute Gasteiger partial charge is 0.251 e. The zero-order chi connectivity index (χ0) is 21.1. The van der Waals surface area contributed by atoms with Gasteiger partial charge in [-0.25, -0.2) is 14.4 Å². The van der Waals surface area contributed by atoms with Crippen molar-refractivity contribution in [2.45, 2.75) is 25.8 Å². The van der Waals surface area contributed by atoms with Crippen LogP contribution in [0.4, 0.5) is 15.9 Å². The van der Waals surface area contributed by atoms with Gasteiger partial charge < -0.3 is 15.2 Å². The minimum absolute atomic E-state index is 0.115. The number of H-pyrrole nitrogens is 1. The van der Waals surface area contributed by atoms with Crippen molar-refractivity contribution in [1.82, 2.24) is 15.0 Å². The van der Waals surface area contributed by atoms with E-state index in [-0.39, 0.29) is 17.4 Å². The Kier molecular flexibility index (Phi) is 5.44. The number of pyridine rings is 1. The molecule has 1 aliphatic heterocycles. The largest absolute Gasteiger partial charge is 0.367 e. The summed E-state index contributed by atoms with van der Waals surface area (Å²) in [6.07, 6.45) is 3.54. The fourth-order valence-electron chi connectivity index (χ4n) is 3.69. The van der Waals surface area contributed by atoms with Crippen LogP contribution >= 0.6 is 0 Å². The summed E-state index contributed by atoms with van der Waals surface area (Å²) in [5.74, 6) is 0.817. The first-order valence-corrected chi connectivity index (χ1v) is 9.77. The number of nitrogens with zero attached hydrogens (tertiary/aromatic N) is 4. The first kappa shape index (κ1) is 19.6. The predicted molar refractivity (Wildman–Crippen MR) is 113 cm³/mol. The molecule has 152 valence electrons. The number of rotatable bonds is 4. The van der Waals surface area contributed by atoms with Gasteiger partial charge >= 0.3 is 0 Å². The van der Waals surface area contributed by atoms with Gasteiger partial charge in [0, 0.05) is 42.7 Å². The Bertz CT molecular complexity index is 1150. The molecule has 0 saturated carbocycles. The van der Waals surface area contributed by atoms with Crippen LogP contribution in [0.25, 0.3) is 11.4 Å². The number of piperidine rings is 1. The van der Waals surface area contributed by atoms with E-state index >= 15 is 0 Å². The topological polar surface area (TPSA) is 97.7 Å². The van der Waals surface area contributed by atoms with Gasteiger partial charge in [-0.1, -0.05) is 0 Å². The Morgan fingerprint density at radius 2 is 2.17 bits per heavy atom. The lowest BCUT2D eigenvalue weighted by atomic mass is 10.0. The van der Waals surface area contributed by atoms with Crippen molar-refractivity contribution in [2.75, 3.05) is 23.3 Å². The molecule has 3 aromatic rings. The summed E-state index contributed by atoms with van der Waals surface area (Å²) in [5, 5.41) is 12.3. The quantitative estimate of drug-likeness (QED) is 0.693. The van der Waals surface area contributed by atoms with Gasteiger partial charge in [0.05, 0.1) is 17.3 Å². The zero-order valence-corrected chi connectivity index (χ0v) is 16.5. The maximum Gasteiger partial charge on any atom is 0.251 e. The maximum atomic E-state index is 14.4. The van der Waals surface area contributed by atoms with Crippen LogP contribution in [-0.4, -0.2) is 34.1 Å². The third-order valence-corrected chi connectivity index (χ3v) is 5.10. The first-order valence-electron chi connectivity index (χ1n) is 9.77. The molecular weight excluding hydrogens is 383 g/mol. The number of aryl methyl sites for hydroxylation is 1. The Balaban J connectivity index is 1.45. The monoisotopic (exact) mass is 404 g/mol. The van der Waals surface area contributed by atoms with Crippen molar-refractivity contribution in [3.63, 3.8) is 0 Å². The van der Waals surface area contributed by atoms with Crippen LogP contribution in [0.5, 0.6) is 0 Å². The highest BCUT2D eigenvalue weighted by Gasteiger charge is 2.22. The third kappa shape index (κ3) is 4.30. The number of halogens is 1. The standard InChI is InChI=1S/C22H21FN6O/c1-14-9-21(30)28-22(26-14)16-5-7-20(25-12-16)27-17-3-2-8-29(13-17)19-6-4-15(11-24)10-18(19)23/h4-7,9-10,12,17H,2-3,8,13H2,1H3,(H,25,27)(H,26,28,30). The zero-order valence-electron chi connectivity index (χ0n) is 16.5. The molecule has 1 saturated heterocycles. The Hall–Kier alpha value is -3.73. The molecule has 7 nitrogen and oxygen atoms in total. The normalized spacial score (nSPS) is 16.2. The predicted octanol–water partition coefficient (Wildman–Crippen LogP) is 3.23. The second kappa shape index (κ2) is 8.33. The SMILES string of the molecule is Cc1cc(=O)[nH]c(-c2ccc(NC3CCCN(c4ccc(C#N)cc4F)C3)nc2)n1. The highest BCUT2D eigenvalue weighted by atomic mass is 19.1. The molecule has 1 aromatic carbocycles. The van der Waals surface area contributed by atoms with Crippen LogP contribution in [0.3, 0.4) is 0 Å². The Morgan fingerprint density at radius 3 is 2.87 bits per heavy atom. The average molecular weight is 404 g/mol. The van der Waals surface area contributed by atoms with Crippen LogP contribution in [-0.2, 0) is 0 Å². The molecule has 1 unspecified atom stereocenters. The second-order valence-electron chi connectivity index (χ2n) is 7.37. The van der Waals surface area contributed by atoms with Crippen molar-refractivity contribution >= 4 is 11.5 Å². The fourth-order valence-corrected chi connectivity index (χ4v) is 3.69. The summed E-state index contributed by atoms with van der Waals surface area (Å²) in [6.45, 7) is 3.17. The number of aromatic amines is 1. The van der Waals surface area contributed by atoms with Crippen LogP contribution in [0.2, 0.25) is 0 Å². The molecule has 3 heterocycles. The van der Waals surface area contributed by atoms with Crippen LogP contribution in [0.1, 0.15) is 24.1 Å². The third-order valence-electron chi connectivity index (χ3n) is 5.10. The summed E-state index contributed by atoms with van der Waals surface area (Å²) >= 11 is 0. The van der Waals surface area contributed by atoms with Crippen molar-refractivity contribution in [3.8, 4) is 17.5 Å². The van der Waals surface area contributed by atoms with Gasteiger partial charge in [0.25, 0.3) is 5.56 Å². The summed E-state index contributed by atoms with van der Waals surface area (Å²) in [4.78, 5) is 25.1. The molecule has 0 bridgehead atoms. The van der Waals surface area contributed by atoms with Crippen LogP contribution in [0.15, 0.2) is 47.4 Å². The molecule has 0 aliphatic carbocycles. The number of hydrogen-bond acceptors (Lipinski definition) is 6. The highest BCUT2D eigenvalue weighted by molar-refractivity contribution is 5.56. The minimum atomic E-state index is -0.378. The van der Waals surface area contributed by atoms with Gasteiger partial charge in [0.15, 0.2) is 0 Å². The number of hydrogen-bond donors (Lipinski definition) is 2. The lowest BCUT2D eigenvalue weighted by Gasteiger charge is -2.35. The molecule has 0 radical (unpaired) electrons. The van der Waals surface area contributed by atoms with Gasteiger partial charge in [-0.3, -0.25) is 4.79 Å². The summed E-state index contributed by atoms with van der Waals surface area (Å²) in [7, 11) is 0. The molecule has 2 N–H and O–H groups in total. The number of anilines is 2. The molecule has 1 fully saturated rings. The van der Waals surface area contributed by atoms with Gasteiger partial charge in [-0.2, -0.15) is 5.26 Å². The molecule has 0 amide bonds. The molecule has 2 aromatic heterocycles. The summed E-state index contributed by atoms with van der Waals surface area (Å²) in [6, 6.07) is 11.8. The molecule has 1 aliphatic rings. The van der Waals surface area contributed by atoms with Gasteiger partial charge in [0.2, 0.25) is 0 Å². The lowest BCUT2D eigenvalue weighted by Crippen LogP contribution is -2.42. The molecular formula is C22H21FN6O. The van der Waals surface area contributed by atoms with Crippen molar-refractivity contribution < 1.29 is 4.39 Å². The van der Waals surface area contributed by atoms with Gasteiger partial charge in [0.1, 0.15) is 17.5 Å². The van der Waals surface area contributed by atoms with E-state index in [4.69, 9.17) is 5.26 Å². The molecule has 4 rings (SSSR count). The fraction of sp³-hybridized carbons (Fsp3) is 0.273. The van der Waals surface area contributed by atoms with E-state index in [2.05, 4.69) is 20.3 Å². The Morgan fingerprint density at radius 1 is 1.30 bits per heavy atom. The molecule has 8 heteroatoms. The van der Waals surface area contributed by atoms with E-state index in [0.717, 1.165) is 24.9 Å². The molecule has 0 spiro atoms. The van der Waals surface area contributed by atoms with E-state index in [9.17, 15) is 9.18 Å². The van der Waals surface area contributed by atoms with E-state index < -0.39 is 0 Å². The van der Waals surface area contributed by atoms with E-state index in [0.29, 0.717) is 35.1 Å². The molecule has 1 atom stereocenters. The summed E-state index contributed by atoms with van der Waals surface area (Å²) in [5.41, 5.74) is 2.01. The van der Waals surface area contributed by atoms with Gasteiger partial charge in [-0.05, 0) is 50.1 Å². The first-order chi connectivity index (χ1) is 14.5. The molecule has 30 heavy (non-hydrogen) atoms. The number of aromatic nitrogens is 3. The lowest BCUT2D eigenvalue weighted by molar-refractivity contribution is 0.518. The average Bonchev–Trinajstić information content (AvgIpc) is 2.73. The number of nitriles is 1. The van der Waals surface area contributed by atoms with Crippen LogP contribution < -0.4 is 15.8 Å². The minimum Gasteiger partial charge on any atom is -0.367 e. The van der Waals surface area contributed by atoms with Crippen LogP contribution in [0, 0.1) is 24.1 Å². The van der Waals surface area contributed by atoms with E-state index in [1.54, 1.807) is 25.3 Å².